The molecule has 0 spiro atoms. The van der Waals surface area contributed by atoms with Crippen molar-refractivity contribution in [3.8, 4) is 0 Å². The molecule has 0 aromatic carbocycles. The van der Waals surface area contributed by atoms with Crippen molar-refractivity contribution in [2.75, 3.05) is 18.1 Å². The van der Waals surface area contributed by atoms with Crippen molar-refractivity contribution in [1.29, 1.82) is 0 Å². The lowest BCUT2D eigenvalue weighted by Crippen LogP contribution is -2.17. The Bertz CT molecular complexity index is 408. The van der Waals surface area contributed by atoms with Crippen molar-refractivity contribution in [2.45, 2.75) is 11.5 Å². The van der Waals surface area contributed by atoms with Crippen molar-refractivity contribution in [2.24, 2.45) is 0 Å². The number of anilines is 1. The van der Waals surface area contributed by atoms with Gasteiger partial charge in [-0.05, 0) is 0 Å². The van der Waals surface area contributed by atoms with Crippen molar-refractivity contribution in [3.05, 3.63) is 22.2 Å². The molecule has 2 rings (SSSR count). The van der Waals surface area contributed by atoms with Gasteiger partial charge in [0.05, 0.1) is 12.7 Å². The third-order valence-electron chi connectivity index (χ3n) is 2.11. The molecular weight excluding hydrogens is 218 g/mol. The van der Waals surface area contributed by atoms with Gasteiger partial charge in [0.25, 0.3) is 0 Å². The minimum Gasteiger partial charge on any atom is -0.393 e. The molecule has 15 heavy (non-hydrogen) atoms. The van der Waals surface area contributed by atoms with E-state index in [-0.39, 0.29) is 24.0 Å². The second kappa shape index (κ2) is 4.21. The average Bonchev–Trinajstić information content (AvgIpc) is 2.66. The van der Waals surface area contributed by atoms with E-state index in [0.29, 0.717) is 11.3 Å². The number of thioether (sulfide) groups is 1. The number of aliphatic hydroxyl groups is 1. The Balaban J connectivity index is 2.20. The normalized spacial score (nSPS) is 25.7. The lowest BCUT2D eigenvalue weighted by Gasteiger charge is -2.11. The summed E-state index contributed by atoms with van der Waals surface area (Å²) in [6, 6.07) is 0. The number of nitrogens with two attached hydrogens (primary N) is 1. The van der Waals surface area contributed by atoms with Crippen molar-refractivity contribution in [1.82, 2.24) is 9.97 Å². The number of hydrogen-bond donors (Lipinski definition) is 3. The van der Waals surface area contributed by atoms with Crippen LogP contribution in [-0.4, -0.2) is 32.9 Å². The summed E-state index contributed by atoms with van der Waals surface area (Å²) in [5.74, 6) is 0.881. The SMILES string of the molecule is Nc1nc(=O)[nH]cc1[C@H]1CS[C@H](CO)O1. The lowest BCUT2D eigenvalue weighted by molar-refractivity contribution is 0.0345. The zero-order chi connectivity index (χ0) is 10.8. The van der Waals surface area contributed by atoms with E-state index in [1.54, 1.807) is 0 Å². The van der Waals surface area contributed by atoms with Crippen LogP contribution in [0.4, 0.5) is 5.82 Å². The number of aliphatic hydroxyl groups excluding tert-OH is 1. The van der Waals surface area contributed by atoms with Gasteiger partial charge in [-0.3, -0.25) is 0 Å². The smallest absolute Gasteiger partial charge is 0.346 e. The van der Waals surface area contributed by atoms with Crippen LogP contribution in [-0.2, 0) is 4.74 Å². The van der Waals surface area contributed by atoms with Crippen LogP contribution in [0.5, 0.6) is 0 Å². The van der Waals surface area contributed by atoms with Gasteiger partial charge in [-0.15, -0.1) is 11.8 Å². The highest BCUT2D eigenvalue weighted by Crippen LogP contribution is 2.35. The second-order valence-electron chi connectivity index (χ2n) is 3.12. The van der Waals surface area contributed by atoms with Crippen LogP contribution in [0, 0.1) is 0 Å². The van der Waals surface area contributed by atoms with E-state index in [1.807, 2.05) is 0 Å². The van der Waals surface area contributed by atoms with E-state index in [0.717, 1.165) is 0 Å². The molecule has 82 valence electrons. The fourth-order valence-electron chi connectivity index (χ4n) is 1.39. The largest absolute Gasteiger partial charge is 0.393 e. The number of aromatic amines is 1. The number of nitrogens with one attached hydrogen (secondary N) is 1. The van der Waals surface area contributed by atoms with Crippen LogP contribution in [0.25, 0.3) is 0 Å². The highest BCUT2D eigenvalue weighted by Gasteiger charge is 2.28. The van der Waals surface area contributed by atoms with Gasteiger partial charge in [-0.25, -0.2) is 4.79 Å². The van der Waals surface area contributed by atoms with Gasteiger partial charge in [-0.1, -0.05) is 0 Å². The van der Waals surface area contributed by atoms with Gasteiger partial charge in [0.15, 0.2) is 0 Å². The molecule has 0 radical (unpaired) electrons. The molecule has 1 saturated heterocycles. The van der Waals surface area contributed by atoms with Crippen molar-refractivity contribution in [3.63, 3.8) is 0 Å². The number of rotatable bonds is 2. The number of aromatic nitrogens is 2. The van der Waals surface area contributed by atoms with E-state index in [2.05, 4.69) is 9.97 Å². The maximum Gasteiger partial charge on any atom is 0.346 e. The van der Waals surface area contributed by atoms with Crippen molar-refractivity contribution >= 4 is 17.6 Å². The molecule has 6 nitrogen and oxygen atoms in total. The highest BCUT2D eigenvalue weighted by atomic mass is 32.2. The Morgan fingerprint density at radius 3 is 3.20 bits per heavy atom. The summed E-state index contributed by atoms with van der Waals surface area (Å²) in [6.07, 6.45) is 1.30. The fourth-order valence-corrected chi connectivity index (χ4v) is 2.36. The molecule has 0 saturated carbocycles. The molecular formula is C8H11N3O3S. The van der Waals surface area contributed by atoms with Gasteiger partial charge >= 0.3 is 5.69 Å². The molecule has 0 unspecified atom stereocenters. The molecule has 0 aliphatic carbocycles. The first-order valence-corrected chi connectivity index (χ1v) is 5.48. The Hall–Kier alpha value is -1.05. The summed E-state index contributed by atoms with van der Waals surface area (Å²) in [6.45, 7) is -0.0299. The quantitative estimate of drug-likeness (QED) is 0.630. The van der Waals surface area contributed by atoms with Gasteiger partial charge in [0.1, 0.15) is 11.3 Å². The molecule has 4 N–H and O–H groups in total. The van der Waals surface area contributed by atoms with E-state index < -0.39 is 5.69 Å². The third-order valence-corrected chi connectivity index (χ3v) is 3.24. The number of H-pyrrole nitrogens is 1. The first-order valence-electron chi connectivity index (χ1n) is 4.43. The van der Waals surface area contributed by atoms with Gasteiger partial charge in [0.2, 0.25) is 0 Å². The minimum atomic E-state index is -0.472. The summed E-state index contributed by atoms with van der Waals surface area (Å²) in [4.78, 5) is 16.9. The molecule has 2 atom stereocenters. The fraction of sp³-hybridized carbons (Fsp3) is 0.500. The maximum absolute atomic E-state index is 10.8. The Morgan fingerprint density at radius 1 is 1.80 bits per heavy atom. The number of nitrogen functional groups attached to an aromatic ring is 1. The topological polar surface area (TPSA) is 101 Å². The first kappa shape index (κ1) is 10.5. The number of ether oxygens (including phenoxy) is 1. The Labute approximate surface area is 89.9 Å². The number of hydrogen-bond acceptors (Lipinski definition) is 6. The second-order valence-corrected chi connectivity index (χ2v) is 4.31. The molecule has 1 aliphatic rings. The van der Waals surface area contributed by atoms with E-state index in [1.165, 1.54) is 18.0 Å². The summed E-state index contributed by atoms with van der Waals surface area (Å²) < 4.78 is 5.49. The monoisotopic (exact) mass is 229 g/mol. The van der Waals surface area contributed by atoms with Crippen LogP contribution < -0.4 is 11.4 Å². The molecule has 1 aliphatic heterocycles. The maximum atomic E-state index is 10.8. The summed E-state index contributed by atoms with van der Waals surface area (Å²) in [5, 5.41) is 8.89. The van der Waals surface area contributed by atoms with E-state index in [4.69, 9.17) is 15.6 Å². The minimum absolute atomic E-state index is 0.0299. The van der Waals surface area contributed by atoms with Crippen LogP contribution in [0.1, 0.15) is 11.7 Å². The standard InChI is InChI=1S/C8H11N3O3S/c9-7-4(1-10-8(13)11-7)5-3-15-6(2-12)14-5/h1,5-6,12H,2-3H2,(H3,9,10,11,13)/t5-,6-/m1/s1. The van der Waals surface area contributed by atoms with Crippen LogP contribution in [0.2, 0.25) is 0 Å². The summed E-state index contributed by atoms with van der Waals surface area (Å²) in [5.41, 5.74) is 5.58. The highest BCUT2D eigenvalue weighted by molar-refractivity contribution is 8.00. The summed E-state index contributed by atoms with van der Waals surface area (Å²) in [7, 11) is 0. The van der Waals surface area contributed by atoms with Crippen LogP contribution >= 0.6 is 11.8 Å². The van der Waals surface area contributed by atoms with E-state index >= 15 is 0 Å². The average molecular weight is 229 g/mol. The molecule has 0 bridgehead atoms. The molecule has 1 aromatic rings. The van der Waals surface area contributed by atoms with Crippen LogP contribution in [0.3, 0.4) is 0 Å². The van der Waals surface area contributed by atoms with E-state index in [9.17, 15) is 4.79 Å². The van der Waals surface area contributed by atoms with Gasteiger partial charge < -0.3 is 20.6 Å². The Morgan fingerprint density at radius 2 is 2.60 bits per heavy atom. The zero-order valence-corrected chi connectivity index (χ0v) is 8.66. The molecule has 1 aromatic heterocycles. The van der Waals surface area contributed by atoms with Gasteiger partial charge in [-0.2, -0.15) is 4.98 Å². The zero-order valence-electron chi connectivity index (χ0n) is 7.84. The van der Waals surface area contributed by atoms with Crippen molar-refractivity contribution < 1.29 is 9.84 Å². The molecule has 1 fully saturated rings. The Kier molecular flexibility index (Phi) is 2.94. The lowest BCUT2D eigenvalue weighted by atomic mass is 10.2. The predicted octanol–water partition coefficient (Wildman–Crippen LogP) is -0.525. The van der Waals surface area contributed by atoms with Crippen LogP contribution in [0.15, 0.2) is 11.0 Å². The first-order chi connectivity index (χ1) is 7.20. The number of nitrogens with zero attached hydrogens (tertiary/aromatic N) is 1. The molecule has 7 heteroatoms. The summed E-state index contributed by atoms with van der Waals surface area (Å²) >= 11 is 1.51. The predicted molar refractivity (Wildman–Crippen MR) is 56.4 cm³/mol. The molecule has 0 amide bonds. The third kappa shape index (κ3) is 2.14. The van der Waals surface area contributed by atoms with Gasteiger partial charge in [0, 0.05) is 17.5 Å². The molecule has 2 heterocycles.